The molecule has 0 aliphatic heterocycles. The molecule has 1 N–H and O–H groups in total. The van der Waals surface area contributed by atoms with E-state index >= 15 is 0 Å². The van der Waals surface area contributed by atoms with E-state index in [4.69, 9.17) is 0 Å². The van der Waals surface area contributed by atoms with Crippen LogP contribution in [0, 0.1) is 23.7 Å². The molecule has 2 aliphatic carbocycles. The Labute approximate surface area is 120 Å². The Morgan fingerprint density at radius 2 is 1.84 bits per heavy atom. The van der Waals surface area contributed by atoms with E-state index in [1.165, 1.54) is 64.3 Å². The molecule has 2 aliphatic rings. The molecule has 4 atom stereocenters. The molecule has 0 heterocycles. The lowest BCUT2D eigenvalue weighted by Crippen LogP contribution is -2.34. The molecule has 0 aromatic heterocycles. The second-order valence-corrected chi connectivity index (χ2v) is 7.42. The predicted molar refractivity (Wildman–Crippen MR) is 84.3 cm³/mol. The van der Waals surface area contributed by atoms with Gasteiger partial charge in [-0.2, -0.15) is 0 Å². The van der Waals surface area contributed by atoms with Gasteiger partial charge in [0.25, 0.3) is 0 Å². The summed E-state index contributed by atoms with van der Waals surface area (Å²) in [6.45, 7) is 8.47. The fraction of sp³-hybridized carbons (Fsp3) is 1.00. The van der Waals surface area contributed by atoms with E-state index in [0.717, 1.165) is 29.7 Å². The van der Waals surface area contributed by atoms with Crippen molar-refractivity contribution in [2.24, 2.45) is 23.7 Å². The molecular formula is C18H35N. The maximum absolute atomic E-state index is 3.79. The van der Waals surface area contributed by atoms with Crippen LogP contribution in [0.4, 0.5) is 0 Å². The summed E-state index contributed by atoms with van der Waals surface area (Å²) in [4.78, 5) is 0. The van der Waals surface area contributed by atoms with Crippen LogP contribution < -0.4 is 5.32 Å². The normalized spacial score (nSPS) is 33.3. The summed E-state index contributed by atoms with van der Waals surface area (Å²) in [5, 5.41) is 3.79. The molecule has 0 bridgehead atoms. The van der Waals surface area contributed by atoms with Crippen LogP contribution in [-0.4, -0.2) is 12.6 Å². The van der Waals surface area contributed by atoms with Gasteiger partial charge in [0.05, 0.1) is 0 Å². The molecule has 0 saturated heterocycles. The van der Waals surface area contributed by atoms with Crippen molar-refractivity contribution < 1.29 is 0 Å². The summed E-state index contributed by atoms with van der Waals surface area (Å²) in [7, 11) is 0. The molecule has 0 radical (unpaired) electrons. The van der Waals surface area contributed by atoms with E-state index in [-0.39, 0.29) is 0 Å². The molecule has 1 heteroatoms. The lowest BCUT2D eigenvalue weighted by molar-refractivity contribution is 0.143. The molecule has 2 rings (SSSR count). The van der Waals surface area contributed by atoms with E-state index in [2.05, 4.69) is 26.1 Å². The highest BCUT2D eigenvalue weighted by molar-refractivity contribution is 4.86. The Bertz CT molecular complexity index is 246. The monoisotopic (exact) mass is 265 g/mol. The van der Waals surface area contributed by atoms with Gasteiger partial charge >= 0.3 is 0 Å². The molecule has 19 heavy (non-hydrogen) atoms. The fourth-order valence-electron chi connectivity index (χ4n) is 3.94. The van der Waals surface area contributed by atoms with Crippen molar-refractivity contribution in [3.05, 3.63) is 0 Å². The van der Waals surface area contributed by atoms with Gasteiger partial charge in [-0.25, -0.2) is 0 Å². The van der Waals surface area contributed by atoms with Crippen molar-refractivity contribution in [1.29, 1.82) is 0 Å². The summed E-state index contributed by atoms with van der Waals surface area (Å²) in [6.07, 6.45) is 13.1. The van der Waals surface area contributed by atoms with E-state index < -0.39 is 0 Å². The Morgan fingerprint density at radius 3 is 2.47 bits per heavy atom. The van der Waals surface area contributed by atoms with Crippen LogP contribution in [0.5, 0.6) is 0 Å². The highest BCUT2D eigenvalue weighted by atomic mass is 14.9. The van der Waals surface area contributed by atoms with Crippen LogP contribution in [0.2, 0.25) is 0 Å². The fourth-order valence-corrected chi connectivity index (χ4v) is 3.94. The van der Waals surface area contributed by atoms with Gasteiger partial charge in [-0.1, -0.05) is 46.5 Å². The van der Waals surface area contributed by atoms with Crippen molar-refractivity contribution in [2.45, 2.75) is 84.6 Å². The van der Waals surface area contributed by atoms with Crippen LogP contribution in [-0.2, 0) is 0 Å². The average molecular weight is 265 g/mol. The van der Waals surface area contributed by atoms with Gasteiger partial charge in [-0.3, -0.25) is 0 Å². The summed E-state index contributed by atoms with van der Waals surface area (Å²) >= 11 is 0. The topological polar surface area (TPSA) is 12.0 Å². The molecular weight excluding hydrogens is 230 g/mol. The Kier molecular flexibility index (Phi) is 6.19. The zero-order valence-electron chi connectivity index (χ0n) is 13.5. The zero-order valence-corrected chi connectivity index (χ0v) is 13.5. The van der Waals surface area contributed by atoms with Gasteiger partial charge in [0, 0.05) is 6.04 Å². The molecule has 0 aromatic carbocycles. The minimum atomic E-state index is 0.887. The van der Waals surface area contributed by atoms with Crippen LogP contribution in [0.25, 0.3) is 0 Å². The minimum Gasteiger partial charge on any atom is -0.314 e. The first-order valence-corrected chi connectivity index (χ1v) is 8.96. The summed E-state index contributed by atoms with van der Waals surface area (Å²) in [5.41, 5.74) is 0. The van der Waals surface area contributed by atoms with E-state index in [9.17, 15) is 0 Å². The third kappa shape index (κ3) is 5.10. The zero-order chi connectivity index (χ0) is 13.7. The van der Waals surface area contributed by atoms with Crippen molar-refractivity contribution >= 4 is 0 Å². The highest BCUT2D eigenvalue weighted by Crippen LogP contribution is 2.39. The molecule has 112 valence electrons. The SMILES string of the molecule is CCCC1CCC(CNC2CC2)C(CC(C)CC)C1. The average Bonchev–Trinajstić information content (AvgIpc) is 3.22. The van der Waals surface area contributed by atoms with Gasteiger partial charge in [0.2, 0.25) is 0 Å². The maximum Gasteiger partial charge on any atom is 0.00683 e. The third-order valence-electron chi connectivity index (χ3n) is 5.59. The van der Waals surface area contributed by atoms with Crippen molar-refractivity contribution in [1.82, 2.24) is 5.32 Å². The number of hydrogen-bond donors (Lipinski definition) is 1. The number of nitrogens with one attached hydrogen (secondary N) is 1. The molecule has 2 fully saturated rings. The van der Waals surface area contributed by atoms with Gasteiger partial charge in [-0.05, 0) is 62.3 Å². The second kappa shape index (κ2) is 7.67. The van der Waals surface area contributed by atoms with Crippen LogP contribution >= 0.6 is 0 Å². The molecule has 1 nitrogen and oxygen atoms in total. The maximum atomic E-state index is 3.79. The lowest BCUT2D eigenvalue weighted by atomic mass is 9.69. The highest BCUT2D eigenvalue weighted by Gasteiger charge is 2.32. The molecule has 0 aromatic rings. The lowest BCUT2D eigenvalue weighted by Gasteiger charge is -2.38. The number of rotatable bonds is 8. The molecule has 4 unspecified atom stereocenters. The third-order valence-corrected chi connectivity index (χ3v) is 5.59. The molecule has 0 spiro atoms. The van der Waals surface area contributed by atoms with Crippen LogP contribution in [0.15, 0.2) is 0 Å². The predicted octanol–water partition coefficient (Wildman–Crippen LogP) is 5.01. The Hall–Kier alpha value is -0.0400. The minimum absolute atomic E-state index is 0.887. The largest absolute Gasteiger partial charge is 0.314 e. The Balaban J connectivity index is 1.83. The quantitative estimate of drug-likeness (QED) is 0.650. The van der Waals surface area contributed by atoms with Crippen molar-refractivity contribution in [3.8, 4) is 0 Å². The van der Waals surface area contributed by atoms with E-state index in [0.29, 0.717) is 0 Å². The van der Waals surface area contributed by atoms with Gasteiger partial charge in [0.1, 0.15) is 0 Å². The first kappa shape index (κ1) is 15.4. The molecule has 2 saturated carbocycles. The summed E-state index contributed by atoms with van der Waals surface area (Å²) in [6, 6.07) is 0.887. The smallest absolute Gasteiger partial charge is 0.00683 e. The van der Waals surface area contributed by atoms with Crippen molar-refractivity contribution in [2.75, 3.05) is 6.54 Å². The first-order chi connectivity index (χ1) is 9.22. The molecule has 0 amide bonds. The standard InChI is InChI=1S/C18H35N/c1-4-6-15-7-8-16(13-19-18-9-10-18)17(12-15)11-14(3)5-2/h14-19H,4-13H2,1-3H3. The van der Waals surface area contributed by atoms with E-state index in [1.54, 1.807) is 0 Å². The van der Waals surface area contributed by atoms with Crippen LogP contribution in [0.1, 0.15) is 78.6 Å². The van der Waals surface area contributed by atoms with Crippen molar-refractivity contribution in [3.63, 3.8) is 0 Å². The van der Waals surface area contributed by atoms with E-state index in [1.807, 2.05) is 0 Å². The van der Waals surface area contributed by atoms with Gasteiger partial charge in [0.15, 0.2) is 0 Å². The van der Waals surface area contributed by atoms with Gasteiger partial charge < -0.3 is 5.32 Å². The second-order valence-electron chi connectivity index (χ2n) is 7.42. The summed E-state index contributed by atoms with van der Waals surface area (Å²) < 4.78 is 0. The summed E-state index contributed by atoms with van der Waals surface area (Å²) in [5.74, 6) is 3.94. The Morgan fingerprint density at radius 1 is 1.05 bits per heavy atom. The van der Waals surface area contributed by atoms with Crippen LogP contribution in [0.3, 0.4) is 0 Å². The first-order valence-electron chi connectivity index (χ1n) is 8.96. The van der Waals surface area contributed by atoms with Gasteiger partial charge in [-0.15, -0.1) is 0 Å². The number of hydrogen-bond acceptors (Lipinski definition) is 1.